The third kappa shape index (κ3) is 7.07. The van der Waals surface area contributed by atoms with Crippen molar-refractivity contribution in [3.8, 4) is 0 Å². The maximum atomic E-state index is 11.4. The Hall–Kier alpha value is -1.35. The summed E-state index contributed by atoms with van der Waals surface area (Å²) >= 11 is 0. The van der Waals surface area contributed by atoms with E-state index in [1.165, 1.54) is 0 Å². The molecule has 0 bridgehead atoms. The molecule has 1 N–H and O–H groups in total. The normalized spacial score (nSPS) is 13.3. The smallest absolute Gasteiger partial charge is 0.333 e. The standard InChI is InChI=1S/C15H24O3/c1-6-8-9-15(4,5)11-13(16)10-12(3)14(17)18-7-2/h6,8-9,13,16H,1,3,7,10-11H2,2,4-5H3/b9-8+. The number of rotatable bonds is 8. The lowest BCUT2D eigenvalue weighted by molar-refractivity contribution is -0.138. The number of aliphatic hydroxyl groups is 1. The minimum atomic E-state index is -0.605. The summed E-state index contributed by atoms with van der Waals surface area (Å²) in [5.41, 5.74) is 0.163. The molecule has 0 heterocycles. The van der Waals surface area contributed by atoms with Crippen LogP contribution in [0, 0.1) is 5.41 Å². The van der Waals surface area contributed by atoms with E-state index >= 15 is 0 Å². The molecule has 0 amide bonds. The summed E-state index contributed by atoms with van der Waals surface area (Å²) in [5, 5.41) is 9.94. The van der Waals surface area contributed by atoms with Gasteiger partial charge in [0.25, 0.3) is 0 Å². The van der Waals surface area contributed by atoms with Crippen molar-refractivity contribution >= 4 is 5.97 Å². The quantitative estimate of drug-likeness (QED) is 0.410. The van der Waals surface area contributed by atoms with Gasteiger partial charge in [0.2, 0.25) is 0 Å². The molecule has 3 heteroatoms. The van der Waals surface area contributed by atoms with Gasteiger partial charge >= 0.3 is 5.97 Å². The number of carbonyl (C=O) groups excluding carboxylic acids is 1. The number of hydrogen-bond acceptors (Lipinski definition) is 3. The molecule has 0 aromatic carbocycles. The van der Waals surface area contributed by atoms with Crippen molar-refractivity contribution in [2.45, 2.75) is 39.7 Å². The van der Waals surface area contributed by atoms with Crippen LogP contribution in [0.3, 0.4) is 0 Å². The fraction of sp³-hybridized carbons (Fsp3) is 0.533. The van der Waals surface area contributed by atoms with Crippen LogP contribution >= 0.6 is 0 Å². The molecule has 0 fully saturated rings. The van der Waals surface area contributed by atoms with Gasteiger partial charge in [-0.3, -0.25) is 0 Å². The average molecular weight is 252 g/mol. The van der Waals surface area contributed by atoms with Crippen molar-refractivity contribution in [3.05, 3.63) is 37.0 Å². The molecule has 0 aliphatic rings. The van der Waals surface area contributed by atoms with Crippen molar-refractivity contribution in [1.82, 2.24) is 0 Å². The lowest BCUT2D eigenvalue weighted by Gasteiger charge is -2.24. The Morgan fingerprint density at radius 1 is 1.50 bits per heavy atom. The van der Waals surface area contributed by atoms with E-state index in [0.29, 0.717) is 18.6 Å². The van der Waals surface area contributed by atoms with Gasteiger partial charge in [-0.2, -0.15) is 0 Å². The van der Waals surface area contributed by atoms with E-state index in [1.54, 1.807) is 13.0 Å². The third-order valence-electron chi connectivity index (χ3n) is 2.49. The van der Waals surface area contributed by atoms with Gasteiger partial charge in [-0.15, -0.1) is 0 Å². The highest BCUT2D eigenvalue weighted by molar-refractivity contribution is 5.87. The number of aliphatic hydroxyl groups excluding tert-OH is 1. The number of hydrogen-bond donors (Lipinski definition) is 1. The minimum Gasteiger partial charge on any atom is -0.463 e. The predicted molar refractivity (Wildman–Crippen MR) is 74.1 cm³/mol. The van der Waals surface area contributed by atoms with Gasteiger partial charge in [-0.05, 0) is 18.8 Å². The SMILES string of the molecule is C=C/C=C/C(C)(C)CC(O)CC(=C)C(=O)OCC. The first kappa shape index (κ1) is 16.6. The molecule has 0 aromatic rings. The average Bonchev–Trinajstić information content (AvgIpc) is 2.25. The van der Waals surface area contributed by atoms with Gasteiger partial charge in [-0.1, -0.05) is 45.2 Å². The van der Waals surface area contributed by atoms with Crippen molar-refractivity contribution in [1.29, 1.82) is 0 Å². The second-order valence-electron chi connectivity index (χ2n) is 4.97. The van der Waals surface area contributed by atoms with Crippen LogP contribution in [0.4, 0.5) is 0 Å². The Bertz CT molecular complexity index is 327. The molecule has 0 aromatic heterocycles. The first-order valence-corrected chi connectivity index (χ1v) is 6.15. The van der Waals surface area contributed by atoms with Crippen LogP contribution in [0.25, 0.3) is 0 Å². The zero-order valence-corrected chi connectivity index (χ0v) is 11.6. The first-order valence-electron chi connectivity index (χ1n) is 6.15. The maximum absolute atomic E-state index is 11.4. The van der Waals surface area contributed by atoms with Crippen LogP contribution in [0.2, 0.25) is 0 Å². The molecule has 0 spiro atoms. The van der Waals surface area contributed by atoms with Gasteiger partial charge in [0.15, 0.2) is 0 Å². The Morgan fingerprint density at radius 3 is 2.61 bits per heavy atom. The van der Waals surface area contributed by atoms with Crippen molar-refractivity contribution in [2.75, 3.05) is 6.61 Å². The van der Waals surface area contributed by atoms with Crippen LogP contribution < -0.4 is 0 Å². The molecule has 0 saturated heterocycles. The highest BCUT2D eigenvalue weighted by atomic mass is 16.5. The van der Waals surface area contributed by atoms with E-state index in [2.05, 4.69) is 13.2 Å². The molecule has 18 heavy (non-hydrogen) atoms. The molecule has 0 saturated carbocycles. The second-order valence-corrected chi connectivity index (χ2v) is 4.97. The zero-order chi connectivity index (χ0) is 14.2. The summed E-state index contributed by atoms with van der Waals surface area (Å²) in [5.74, 6) is -0.434. The zero-order valence-electron chi connectivity index (χ0n) is 11.6. The van der Waals surface area contributed by atoms with Crippen LogP contribution in [-0.2, 0) is 9.53 Å². The summed E-state index contributed by atoms with van der Waals surface area (Å²) in [7, 11) is 0. The summed E-state index contributed by atoms with van der Waals surface area (Å²) < 4.78 is 4.82. The third-order valence-corrected chi connectivity index (χ3v) is 2.49. The van der Waals surface area contributed by atoms with E-state index in [4.69, 9.17) is 4.74 Å². The van der Waals surface area contributed by atoms with Gasteiger partial charge in [-0.25, -0.2) is 4.79 Å². The second kappa shape index (κ2) is 7.88. The van der Waals surface area contributed by atoms with Gasteiger partial charge in [0, 0.05) is 12.0 Å². The van der Waals surface area contributed by atoms with Crippen LogP contribution in [0.1, 0.15) is 33.6 Å². The van der Waals surface area contributed by atoms with Gasteiger partial charge in [0.1, 0.15) is 0 Å². The van der Waals surface area contributed by atoms with E-state index in [-0.39, 0.29) is 11.8 Å². The molecule has 3 nitrogen and oxygen atoms in total. The lowest BCUT2D eigenvalue weighted by atomic mass is 9.84. The molecule has 0 radical (unpaired) electrons. The highest BCUT2D eigenvalue weighted by Gasteiger charge is 2.21. The summed E-state index contributed by atoms with van der Waals surface area (Å²) in [6, 6.07) is 0. The fourth-order valence-corrected chi connectivity index (χ4v) is 1.68. The monoisotopic (exact) mass is 252 g/mol. The Labute approximate surface area is 110 Å². The number of ether oxygens (including phenoxy) is 1. The first-order chi connectivity index (χ1) is 8.32. The van der Waals surface area contributed by atoms with E-state index in [1.807, 2.05) is 26.0 Å². The summed E-state index contributed by atoms with van der Waals surface area (Å²) in [4.78, 5) is 11.4. The predicted octanol–water partition coefficient (Wildman–Crippen LogP) is 3.02. The summed E-state index contributed by atoms with van der Waals surface area (Å²) in [6.45, 7) is 13.3. The van der Waals surface area contributed by atoms with E-state index in [0.717, 1.165) is 0 Å². The largest absolute Gasteiger partial charge is 0.463 e. The Morgan fingerprint density at radius 2 is 2.11 bits per heavy atom. The van der Waals surface area contributed by atoms with Gasteiger partial charge in [0.05, 0.1) is 12.7 Å². The highest BCUT2D eigenvalue weighted by Crippen LogP contribution is 2.26. The van der Waals surface area contributed by atoms with Crippen LogP contribution in [0.15, 0.2) is 37.0 Å². The maximum Gasteiger partial charge on any atom is 0.333 e. The number of allylic oxidation sites excluding steroid dienone is 3. The molecule has 0 aliphatic carbocycles. The van der Waals surface area contributed by atoms with E-state index < -0.39 is 12.1 Å². The number of carbonyl (C=O) groups is 1. The van der Waals surface area contributed by atoms with Crippen LogP contribution in [0.5, 0.6) is 0 Å². The Kier molecular flexibility index (Phi) is 7.29. The fourth-order valence-electron chi connectivity index (χ4n) is 1.68. The molecular weight excluding hydrogens is 228 g/mol. The Balaban J connectivity index is 4.29. The molecule has 102 valence electrons. The molecular formula is C15H24O3. The lowest BCUT2D eigenvalue weighted by Crippen LogP contribution is -2.21. The summed E-state index contributed by atoms with van der Waals surface area (Å²) in [6.07, 6.45) is 5.72. The van der Waals surface area contributed by atoms with Crippen molar-refractivity contribution in [2.24, 2.45) is 5.41 Å². The minimum absolute atomic E-state index is 0.150. The molecule has 1 unspecified atom stereocenters. The van der Waals surface area contributed by atoms with Gasteiger partial charge < -0.3 is 9.84 Å². The molecule has 0 aliphatic heterocycles. The van der Waals surface area contributed by atoms with Crippen molar-refractivity contribution < 1.29 is 14.6 Å². The topological polar surface area (TPSA) is 46.5 Å². The number of esters is 1. The van der Waals surface area contributed by atoms with Crippen molar-refractivity contribution in [3.63, 3.8) is 0 Å². The van der Waals surface area contributed by atoms with Crippen LogP contribution in [-0.4, -0.2) is 23.8 Å². The molecule has 0 rings (SSSR count). The molecule has 1 atom stereocenters. The van der Waals surface area contributed by atoms with E-state index in [9.17, 15) is 9.90 Å².